The molecule has 1 unspecified atom stereocenters. The van der Waals surface area contributed by atoms with Gasteiger partial charge in [0.1, 0.15) is 17.7 Å². The lowest BCUT2D eigenvalue weighted by molar-refractivity contribution is -0.145. The summed E-state index contributed by atoms with van der Waals surface area (Å²) in [6.45, 7) is 2.89. The second kappa shape index (κ2) is 6.50. The first-order valence-corrected chi connectivity index (χ1v) is 8.42. The van der Waals surface area contributed by atoms with Gasteiger partial charge in [-0.25, -0.2) is 4.68 Å². The highest BCUT2D eigenvalue weighted by atomic mass is 35.5. The van der Waals surface area contributed by atoms with E-state index in [4.69, 9.17) is 11.6 Å². The highest BCUT2D eigenvalue weighted by Crippen LogP contribution is 2.20. The van der Waals surface area contributed by atoms with Gasteiger partial charge in [-0.2, -0.15) is 0 Å². The summed E-state index contributed by atoms with van der Waals surface area (Å²) >= 11 is 5.90. The van der Waals surface area contributed by atoms with Crippen LogP contribution >= 0.6 is 11.6 Å². The summed E-state index contributed by atoms with van der Waals surface area (Å²) in [6, 6.07) is 6.56. The maximum absolute atomic E-state index is 11.7. The van der Waals surface area contributed by atoms with Gasteiger partial charge >= 0.3 is 5.97 Å². The maximum Gasteiger partial charge on any atom is 0.322 e. The van der Waals surface area contributed by atoms with Crippen molar-refractivity contribution in [1.29, 1.82) is 0 Å². The molecule has 0 fully saturated rings. The van der Waals surface area contributed by atoms with Gasteiger partial charge in [-0.1, -0.05) is 16.8 Å². The molecule has 1 N–H and O–H groups in total. The third kappa shape index (κ3) is 3.06. The molecule has 4 rings (SSSR count). The van der Waals surface area contributed by atoms with Crippen LogP contribution in [-0.2, 0) is 24.4 Å². The number of carbonyl (C=O) groups is 1. The minimum atomic E-state index is -0.881. The fraction of sp³-hybridized carbons (Fsp3) is 0.312. The number of aromatic nitrogens is 6. The van der Waals surface area contributed by atoms with Crippen LogP contribution in [0.1, 0.15) is 17.3 Å². The van der Waals surface area contributed by atoms with E-state index in [-0.39, 0.29) is 0 Å². The van der Waals surface area contributed by atoms with Crippen molar-refractivity contribution in [2.45, 2.75) is 32.6 Å². The van der Waals surface area contributed by atoms with E-state index in [0.717, 1.165) is 17.3 Å². The quantitative estimate of drug-likeness (QED) is 0.735. The molecular weight excluding hydrogens is 358 g/mol. The minimum absolute atomic E-state index is 0.314. The van der Waals surface area contributed by atoms with Gasteiger partial charge in [0.25, 0.3) is 0 Å². The van der Waals surface area contributed by atoms with Crippen LogP contribution in [0.2, 0.25) is 5.02 Å². The molecule has 1 aliphatic heterocycles. The first-order chi connectivity index (χ1) is 12.5. The molecule has 0 aliphatic carbocycles. The molecule has 1 aliphatic rings. The first kappa shape index (κ1) is 16.7. The van der Waals surface area contributed by atoms with Gasteiger partial charge in [0.2, 0.25) is 0 Å². The molecule has 134 valence electrons. The van der Waals surface area contributed by atoms with Crippen LogP contribution in [0.4, 0.5) is 0 Å². The van der Waals surface area contributed by atoms with Gasteiger partial charge in [0.15, 0.2) is 0 Å². The summed E-state index contributed by atoms with van der Waals surface area (Å²) in [5.41, 5.74) is 1.51. The second-order valence-electron chi connectivity index (χ2n) is 6.16. The molecule has 3 heterocycles. The van der Waals surface area contributed by atoms with E-state index < -0.39 is 12.0 Å². The van der Waals surface area contributed by atoms with Crippen molar-refractivity contribution in [3.63, 3.8) is 0 Å². The Hall–Kier alpha value is -2.78. The van der Waals surface area contributed by atoms with E-state index in [9.17, 15) is 9.90 Å². The van der Waals surface area contributed by atoms with Crippen molar-refractivity contribution in [2.24, 2.45) is 0 Å². The number of hydrogen-bond donors (Lipinski definition) is 1. The predicted molar refractivity (Wildman–Crippen MR) is 91.8 cm³/mol. The van der Waals surface area contributed by atoms with Crippen molar-refractivity contribution >= 4 is 17.6 Å². The molecule has 26 heavy (non-hydrogen) atoms. The Balaban J connectivity index is 1.56. The van der Waals surface area contributed by atoms with Crippen molar-refractivity contribution in [2.75, 3.05) is 0 Å². The largest absolute Gasteiger partial charge is 0.480 e. The van der Waals surface area contributed by atoms with Crippen molar-refractivity contribution in [1.82, 2.24) is 34.7 Å². The number of benzene rings is 1. The molecule has 1 atom stereocenters. The first-order valence-electron chi connectivity index (χ1n) is 8.04. The highest BCUT2D eigenvalue weighted by molar-refractivity contribution is 6.30. The number of halogens is 1. The van der Waals surface area contributed by atoms with Gasteiger partial charge in [0, 0.05) is 11.6 Å². The van der Waals surface area contributed by atoms with Crippen molar-refractivity contribution in [3.8, 4) is 5.69 Å². The number of rotatable bonds is 4. The lowest BCUT2D eigenvalue weighted by atomic mass is 10.1. The van der Waals surface area contributed by atoms with Gasteiger partial charge < -0.3 is 9.67 Å². The minimum Gasteiger partial charge on any atom is -0.480 e. The zero-order valence-corrected chi connectivity index (χ0v) is 14.7. The fourth-order valence-corrected chi connectivity index (χ4v) is 3.18. The molecule has 3 aromatic rings. The van der Waals surface area contributed by atoms with E-state index >= 15 is 0 Å². The van der Waals surface area contributed by atoms with Crippen molar-refractivity contribution < 1.29 is 9.90 Å². The van der Waals surface area contributed by atoms with Gasteiger partial charge in [0.05, 0.1) is 30.7 Å². The number of carboxylic acids is 1. The topological polar surface area (TPSA) is 102 Å². The molecule has 1 aromatic carbocycles. The summed E-state index contributed by atoms with van der Waals surface area (Å²) in [6.07, 6.45) is 1.78. The molecule has 10 heteroatoms. The molecule has 2 aromatic heterocycles. The third-order valence-electron chi connectivity index (χ3n) is 4.44. The van der Waals surface area contributed by atoms with Crippen LogP contribution in [-0.4, -0.2) is 51.8 Å². The summed E-state index contributed by atoms with van der Waals surface area (Å²) in [4.78, 5) is 13.5. The molecule has 0 spiro atoms. The third-order valence-corrected chi connectivity index (χ3v) is 4.69. The number of hydrogen-bond acceptors (Lipinski definition) is 6. The number of fused-ring (bicyclic) bond motifs is 1. The lowest BCUT2D eigenvalue weighted by Gasteiger charge is -2.32. The average molecular weight is 374 g/mol. The number of aryl methyl sites for hydroxylation is 1. The Morgan fingerprint density at radius 2 is 2.04 bits per heavy atom. The molecule has 9 nitrogen and oxygen atoms in total. The van der Waals surface area contributed by atoms with Crippen LogP contribution in [0.5, 0.6) is 0 Å². The van der Waals surface area contributed by atoms with E-state index in [1.807, 2.05) is 28.5 Å². The Bertz CT molecular complexity index is 950. The van der Waals surface area contributed by atoms with Gasteiger partial charge in [-0.15, -0.1) is 15.3 Å². The number of nitrogens with zero attached hydrogens (tertiary/aromatic N) is 7. The Morgan fingerprint density at radius 1 is 1.27 bits per heavy atom. The van der Waals surface area contributed by atoms with Gasteiger partial charge in [-0.05, 0) is 31.2 Å². The average Bonchev–Trinajstić information content (AvgIpc) is 3.22. The van der Waals surface area contributed by atoms with E-state index in [2.05, 4.69) is 20.5 Å². The summed E-state index contributed by atoms with van der Waals surface area (Å²) in [7, 11) is 0. The smallest absolute Gasteiger partial charge is 0.322 e. The van der Waals surface area contributed by atoms with E-state index in [1.165, 1.54) is 0 Å². The Labute approximate surface area is 153 Å². The van der Waals surface area contributed by atoms with Crippen molar-refractivity contribution in [3.05, 3.63) is 52.8 Å². The monoisotopic (exact) mass is 373 g/mol. The summed E-state index contributed by atoms with van der Waals surface area (Å²) < 4.78 is 3.48. The Kier molecular flexibility index (Phi) is 4.17. The van der Waals surface area contributed by atoms with Crippen LogP contribution in [0, 0.1) is 6.92 Å². The zero-order valence-electron chi connectivity index (χ0n) is 13.9. The van der Waals surface area contributed by atoms with Crippen LogP contribution in [0.25, 0.3) is 5.69 Å². The lowest BCUT2D eigenvalue weighted by Crippen LogP contribution is -2.47. The number of carboxylic acid groups (broad SMARTS) is 1. The van der Waals surface area contributed by atoms with Crippen LogP contribution in [0.3, 0.4) is 0 Å². The summed E-state index contributed by atoms with van der Waals surface area (Å²) in [5, 5.41) is 26.7. The normalized spacial score (nSPS) is 17.2. The SMILES string of the molecule is Cc1nnc2n1CC(C(=O)O)N(Cc1cn(-c3ccc(Cl)cc3)nn1)C2. The van der Waals surface area contributed by atoms with Gasteiger partial charge in [-0.3, -0.25) is 9.69 Å². The van der Waals surface area contributed by atoms with E-state index in [0.29, 0.717) is 30.4 Å². The molecule has 0 saturated carbocycles. The predicted octanol–water partition coefficient (Wildman–Crippen LogP) is 1.29. The Morgan fingerprint density at radius 3 is 2.77 bits per heavy atom. The number of aliphatic carboxylic acids is 1. The standard InChI is InChI=1S/C16H16ClN7O2/c1-10-18-20-15-9-22(14(16(25)26)8-23(10)15)6-12-7-24(21-19-12)13-4-2-11(17)3-5-13/h2-5,7,14H,6,8-9H2,1H3,(H,25,26). The van der Waals surface area contributed by atoms with Crippen LogP contribution in [0.15, 0.2) is 30.5 Å². The van der Waals surface area contributed by atoms with Crippen LogP contribution < -0.4 is 0 Å². The molecule has 0 radical (unpaired) electrons. The summed E-state index contributed by atoms with van der Waals surface area (Å²) in [5.74, 6) is 0.596. The molecule has 0 bridgehead atoms. The fourth-order valence-electron chi connectivity index (χ4n) is 3.06. The second-order valence-corrected chi connectivity index (χ2v) is 6.60. The maximum atomic E-state index is 11.7. The molecule has 0 amide bonds. The highest BCUT2D eigenvalue weighted by Gasteiger charge is 2.33. The molecular formula is C16H16ClN7O2. The van der Waals surface area contributed by atoms with E-state index in [1.54, 1.807) is 23.0 Å². The molecule has 0 saturated heterocycles. The zero-order chi connectivity index (χ0) is 18.3.